The van der Waals surface area contributed by atoms with Crippen LogP contribution in [0.15, 0.2) is 36.4 Å². The lowest BCUT2D eigenvalue weighted by Crippen LogP contribution is -1.98. The second kappa shape index (κ2) is 5.66. The number of benzene rings is 2. The smallest absolute Gasteiger partial charge is 0.314 e. The molecule has 0 saturated carbocycles. The summed E-state index contributed by atoms with van der Waals surface area (Å²) < 4.78 is 18.9. The Bertz CT molecular complexity index is 690. The molecule has 0 spiro atoms. The molecule has 0 aliphatic heterocycles. The van der Waals surface area contributed by atoms with Crippen molar-refractivity contribution < 1.29 is 18.8 Å². The number of halogens is 2. The van der Waals surface area contributed by atoms with Gasteiger partial charge in [-0.2, -0.15) is 0 Å². The average molecular weight is 296 g/mol. The Morgan fingerprint density at radius 2 is 2.05 bits per heavy atom. The van der Waals surface area contributed by atoms with E-state index in [1.165, 1.54) is 24.3 Å². The zero-order chi connectivity index (χ0) is 14.7. The van der Waals surface area contributed by atoms with Crippen LogP contribution in [0.5, 0.6) is 11.5 Å². The van der Waals surface area contributed by atoms with E-state index in [2.05, 4.69) is 0 Å². The molecule has 20 heavy (non-hydrogen) atoms. The van der Waals surface area contributed by atoms with E-state index >= 15 is 0 Å². The highest BCUT2D eigenvalue weighted by Crippen LogP contribution is 2.35. The zero-order valence-electron chi connectivity index (χ0n) is 9.88. The molecule has 2 aromatic carbocycles. The van der Waals surface area contributed by atoms with Gasteiger partial charge in [0, 0.05) is 17.2 Å². The standard InChI is InChI=1S/C13H7ClFNO4/c14-9-5-4-8(7-17)12(6-9)20-13-10(15)2-1-3-11(13)16(18)19/h1-7H. The van der Waals surface area contributed by atoms with Gasteiger partial charge in [0.2, 0.25) is 5.75 Å². The highest BCUT2D eigenvalue weighted by molar-refractivity contribution is 6.30. The first-order chi connectivity index (χ1) is 9.52. The molecule has 0 radical (unpaired) electrons. The molecule has 0 bridgehead atoms. The maximum atomic E-state index is 13.7. The third-order valence-electron chi connectivity index (χ3n) is 2.46. The van der Waals surface area contributed by atoms with Gasteiger partial charge in [-0.1, -0.05) is 17.7 Å². The van der Waals surface area contributed by atoms with Crippen molar-refractivity contribution in [1.29, 1.82) is 0 Å². The predicted molar refractivity (Wildman–Crippen MR) is 70.0 cm³/mol. The molecule has 0 heterocycles. The Hall–Kier alpha value is -2.47. The molecule has 0 fully saturated rings. The molecule has 5 nitrogen and oxygen atoms in total. The summed E-state index contributed by atoms with van der Waals surface area (Å²) in [5.74, 6) is -1.53. The molecule has 7 heteroatoms. The first kappa shape index (κ1) is 14.0. The molecule has 0 amide bonds. The quantitative estimate of drug-likeness (QED) is 0.486. The molecule has 0 aromatic heterocycles. The van der Waals surface area contributed by atoms with Crippen LogP contribution in [0.4, 0.5) is 10.1 Å². The summed E-state index contributed by atoms with van der Waals surface area (Å²) in [6.45, 7) is 0. The fourth-order valence-electron chi connectivity index (χ4n) is 1.55. The van der Waals surface area contributed by atoms with E-state index in [1.807, 2.05) is 0 Å². The second-order valence-corrected chi connectivity index (χ2v) is 4.18. The topological polar surface area (TPSA) is 69.4 Å². The van der Waals surface area contributed by atoms with E-state index in [4.69, 9.17) is 16.3 Å². The van der Waals surface area contributed by atoms with E-state index < -0.39 is 22.2 Å². The molecule has 0 aliphatic carbocycles. The fraction of sp³-hybridized carbons (Fsp3) is 0. The highest BCUT2D eigenvalue weighted by Gasteiger charge is 2.21. The number of nitrogens with zero attached hydrogens (tertiary/aromatic N) is 1. The first-order valence-corrected chi connectivity index (χ1v) is 5.76. The van der Waals surface area contributed by atoms with Gasteiger partial charge in [0.1, 0.15) is 5.75 Å². The van der Waals surface area contributed by atoms with Gasteiger partial charge in [0.25, 0.3) is 0 Å². The van der Waals surface area contributed by atoms with Crippen LogP contribution in [0, 0.1) is 15.9 Å². The number of aldehydes is 1. The van der Waals surface area contributed by atoms with Gasteiger partial charge in [-0.25, -0.2) is 4.39 Å². The average Bonchev–Trinajstić information content (AvgIpc) is 2.41. The largest absolute Gasteiger partial charge is 0.446 e. The minimum atomic E-state index is -0.906. The molecule has 0 unspecified atom stereocenters. The molecule has 2 rings (SSSR count). The molecule has 0 aliphatic rings. The number of hydrogen-bond acceptors (Lipinski definition) is 4. The lowest BCUT2D eigenvalue weighted by molar-refractivity contribution is -0.385. The van der Waals surface area contributed by atoms with Gasteiger partial charge in [-0.15, -0.1) is 0 Å². The summed E-state index contributed by atoms with van der Waals surface area (Å²) in [5, 5.41) is 11.1. The Labute approximate surface area is 117 Å². The SMILES string of the molecule is O=Cc1ccc(Cl)cc1Oc1c(F)cccc1[N+](=O)[O-]. The van der Waals surface area contributed by atoms with Crippen LogP contribution in [0.1, 0.15) is 10.4 Å². The minimum Gasteiger partial charge on any atom is -0.446 e. The molecule has 0 atom stereocenters. The summed E-state index contributed by atoms with van der Waals surface area (Å²) in [4.78, 5) is 21.0. The van der Waals surface area contributed by atoms with E-state index in [0.717, 1.165) is 12.1 Å². The van der Waals surface area contributed by atoms with Gasteiger partial charge in [-0.05, 0) is 18.2 Å². The van der Waals surface area contributed by atoms with Crippen molar-refractivity contribution in [2.45, 2.75) is 0 Å². The zero-order valence-corrected chi connectivity index (χ0v) is 10.6. The van der Waals surface area contributed by atoms with Crippen LogP contribution < -0.4 is 4.74 Å². The number of para-hydroxylation sites is 1. The van der Waals surface area contributed by atoms with Crippen molar-refractivity contribution in [2.75, 3.05) is 0 Å². The number of hydrogen-bond donors (Lipinski definition) is 0. The monoisotopic (exact) mass is 295 g/mol. The van der Waals surface area contributed by atoms with Gasteiger partial charge in [0.15, 0.2) is 12.1 Å². The van der Waals surface area contributed by atoms with Crippen LogP contribution >= 0.6 is 11.6 Å². The molecule has 2 aromatic rings. The number of carbonyl (C=O) groups excluding carboxylic acids is 1. The number of rotatable bonds is 4. The first-order valence-electron chi connectivity index (χ1n) is 5.38. The van der Waals surface area contributed by atoms with Gasteiger partial charge >= 0.3 is 5.69 Å². The normalized spacial score (nSPS) is 10.1. The van der Waals surface area contributed by atoms with Crippen LogP contribution in [-0.2, 0) is 0 Å². The van der Waals surface area contributed by atoms with Crippen molar-refractivity contribution in [3.63, 3.8) is 0 Å². The summed E-state index contributed by atoms with van der Waals surface area (Å²) in [5.41, 5.74) is -0.436. The highest BCUT2D eigenvalue weighted by atomic mass is 35.5. The summed E-state index contributed by atoms with van der Waals surface area (Å²) in [6, 6.07) is 7.42. The van der Waals surface area contributed by atoms with Crippen LogP contribution in [0.25, 0.3) is 0 Å². The third kappa shape index (κ3) is 2.75. The number of carbonyl (C=O) groups is 1. The number of ether oxygens (including phenoxy) is 1. The maximum absolute atomic E-state index is 13.7. The molecular weight excluding hydrogens is 289 g/mol. The second-order valence-electron chi connectivity index (χ2n) is 3.75. The van der Waals surface area contributed by atoms with Gasteiger partial charge < -0.3 is 4.74 Å². The summed E-state index contributed by atoms with van der Waals surface area (Å²) in [7, 11) is 0. The summed E-state index contributed by atoms with van der Waals surface area (Å²) in [6.07, 6.45) is 0.484. The van der Waals surface area contributed by atoms with Crippen molar-refractivity contribution in [3.05, 3.63) is 62.9 Å². The van der Waals surface area contributed by atoms with E-state index in [0.29, 0.717) is 6.29 Å². The fourth-order valence-corrected chi connectivity index (χ4v) is 1.71. The lowest BCUT2D eigenvalue weighted by atomic mass is 10.2. The molecule has 102 valence electrons. The third-order valence-corrected chi connectivity index (χ3v) is 2.69. The Morgan fingerprint density at radius 3 is 2.70 bits per heavy atom. The van der Waals surface area contributed by atoms with E-state index in [-0.39, 0.29) is 16.3 Å². The van der Waals surface area contributed by atoms with Gasteiger partial charge in [0.05, 0.1) is 10.5 Å². The Morgan fingerprint density at radius 1 is 1.30 bits per heavy atom. The Balaban J connectivity index is 2.52. The van der Waals surface area contributed by atoms with Crippen molar-refractivity contribution in [1.82, 2.24) is 0 Å². The van der Waals surface area contributed by atoms with Gasteiger partial charge in [-0.3, -0.25) is 14.9 Å². The van der Waals surface area contributed by atoms with Crippen molar-refractivity contribution in [3.8, 4) is 11.5 Å². The van der Waals surface area contributed by atoms with E-state index in [1.54, 1.807) is 0 Å². The molecular formula is C13H7ClFNO4. The van der Waals surface area contributed by atoms with E-state index in [9.17, 15) is 19.3 Å². The van der Waals surface area contributed by atoms with Crippen LogP contribution in [0.2, 0.25) is 5.02 Å². The van der Waals surface area contributed by atoms with Crippen LogP contribution in [0.3, 0.4) is 0 Å². The maximum Gasteiger partial charge on any atom is 0.314 e. The molecule has 0 saturated heterocycles. The number of nitro groups is 1. The minimum absolute atomic E-state index is 0.0549. The lowest BCUT2D eigenvalue weighted by Gasteiger charge is -2.09. The summed E-state index contributed by atoms with van der Waals surface area (Å²) >= 11 is 5.76. The molecule has 0 N–H and O–H groups in total. The van der Waals surface area contributed by atoms with Crippen molar-refractivity contribution >= 4 is 23.6 Å². The Kier molecular flexibility index (Phi) is 3.95. The predicted octanol–water partition coefficient (Wildman–Crippen LogP) is 3.99. The number of nitro benzene ring substituents is 1. The van der Waals surface area contributed by atoms with Crippen molar-refractivity contribution in [2.24, 2.45) is 0 Å². The van der Waals surface area contributed by atoms with Crippen LogP contribution in [-0.4, -0.2) is 11.2 Å².